The van der Waals surface area contributed by atoms with Crippen molar-refractivity contribution in [2.45, 2.75) is 38.3 Å². The molecule has 3 nitrogen and oxygen atoms in total. The Hall–Kier alpha value is -0.570. The highest BCUT2D eigenvalue weighted by atomic mass is 16.5. The summed E-state index contributed by atoms with van der Waals surface area (Å²) in [5.41, 5.74) is 0. The molecule has 1 aliphatic rings. The van der Waals surface area contributed by atoms with Crippen molar-refractivity contribution in [3.63, 3.8) is 0 Å². The largest absolute Gasteiger partial charge is 0.381 e. The molecule has 0 bridgehead atoms. The van der Waals surface area contributed by atoms with Crippen LogP contribution in [0.3, 0.4) is 0 Å². The Morgan fingerprint density at radius 2 is 2.25 bits per heavy atom. The van der Waals surface area contributed by atoms with Gasteiger partial charge in [-0.2, -0.15) is 5.10 Å². The lowest BCUT2D eigenvalue weighted by molar-refractivity contribution is -0.0186. The number of hydrazone groups is 1. The molecule has 0 N–H and O–H groups in total. The van der Waals surface area contributed by atoms with Gasteiger partial charge in [-0.1, -0.05) is 6.92 Å². The van der Waals surface area contributed by atoms with E-state index in [1.807, 2.05) is 18.3 Å². The van der Waals surface area contributed by atoms with Crippen LogP contribution in [0.5, 0.6) is 0 Å². The van der Waals surface area contributed by atoms with Crippen molar-refractivity contribution in [3.05, 3.63) is 0 Å². The van der Waals surface area contributed by atoms with Gasteiger partial charge in [0.05, 0.1) is 12.1 Å². The zero-order valence-corrected chi connectivity index (χ0v) is 8.16. The Morgan fingerprint density at radius 3 is 2.75 bits per heavy atom. The molecule has 0 unspecified atom stereocenters. The molecule has 1 aliphatic carbocycles. The average molecular weight is 170 g/mol. The minimum absolute atomic E-state index is 0.467. The van der Waals surface area contributed by atoms with Gasteiger partial charge in [-0.05, 0) is 19.3 Å². The number of nitrogens with zero attached hydrogens (tertiary/aromatic N) is 2. The van der Waals surface area contributed by atoms with Gasteiger partial charge in [0, 0.05) is 20.4 Å². The van der Waals surface area contributed by atoms with Crippen LogP contribution in [0.4, 0.5) is 0 Å². The van der Waals surface area contributed by atoms with Crippen LogP contribution in [-0.2, 0) is 4.74 Å². The van der Waals surface area contributed by atoms with Crippen LogP contribution in [0, 0.1) is 0 Å². The van der Waals surface area contributed by atoms with Gasteiger partial charge in [-0.3, -0.25) is 5.01 Å². The molecule has 0 atom stereocenters. The summed E-state index contributed by atoms with van der Waals surface area (Å²) in [5.74, 6) is 0. The maximum atomic E-state index is 5.19. The summed E-state index contributed by atoms with van der Waals surface area (Å²) in [5, 5.41) is 6.33. The lowest BCUT2D eigenvalue weighted by atomic mass is 9.89. The standard InChI is InChI=1S/C9H18N2O/c1-4-5-10-11(2)8-6-9(7-8)12-3/h5,8-9H,4,6-7H2,1-3H3/b10-5-. The molecule has 0 aromatic rings. The number of ether oxygens (including phenoxy) is 1. The minimum atomic E-state index is 0.467. The monoisotopic (exact) mass is 170 g/mol. The molecular formula is C9H18N2O. The van der Waals surface area contributed by atoms with Crippen molar-refractivity contribution in [1.82, 2.24) is 5.01 Å². The molecule has 3 heteroatoms. The maximum Gasteiger partial charge on any atom is 0.0611 e. The Bertz CT molecular complexity index is 153. The van der Waals surface area contributed by atoms with E-state index in [0.29, 0.717) is 12.1 Å². The predicted octanol–water partition coefficient (Wildman–Crippen LogP) is 1.49. The number of hydrogen-bond acceptors (Lipinski definition) is 3. The first-order valence-electron chi connectivity index (χ1n) is 4.56. The molecule has 0 aromatic carbocycles. The van der Waals surface area contributed by atoms with Crippen molar-refractivity contribution >= 4 is 6.21 Å². The van der Waals surface area contributed by atoms with Gasteiger partial charge in [-0.25, -0.2) is 0 Å². The Balaban J connectivity index is 2.18. The normalized spacial score (nSPS) is 28.9. The summed E-state index contributed by atoms with van der Waals surface area (Å²) in [7, 11) is 3.80. The second kappa shape index (κ2) is 4.45. The molecule has 1 fully saturated rings. The van der Waals surface area contributed by atoms with Crippen LogP contribution in [0.15, 0.2) is 5.10 Å². The fourth-order valence-electron chi connectivity index (χ4n) is 1.34. The maximum absolute atomic E-state index is 5.19. The fourth-order valence-corrected chi connectivity index (χ4v) is 1.34. The first-order chi connectivity index (χ1) is 5.77. The molecule has 0 aromatic heterocycles. The van der Waals surface area contributed by atoms with E-state index in [-0.39, 0.29) is 0 Å². The van der Waals surface area contributed by atoms with Crippen LogP contribution < -0.4 is 0 Å². The van der Waals surface area contributed by atoms with E-state index < -0.39 is 0 Å². The fraction of sp³-hybridized carbons (Fsp3) is 0.889. The van der Waals surface area contributed by atoms with E-state index in [9.17, 15) is 0 Å². The molecule has 0 radical (unpaired) electrons. The molecular weight excluding hydrogens is 152 g/mol. The zero-order valence-electron chi connectivity index (χ0n) is 8.16. The van der Waals surface area contributed by atoms with Crippen molar-refractivity contribution in [3.8, 4) is 0 Å². The average Bonchev–Trinajstić information content (AvgIpc) is 1.99. The highest BCUT2D eigenvalue weighted by Crippen LogP contribution is 2.26. The van der Waals surface area contributed by atoms with Crippen molar-refractivity contribution in [2.24, 2.45) is 5.10 Å². The third-order valence-electron chi connectivity index (χ3n) is 2.38. The van der Waals surface area contributed by atoms with E-state index >= 15 is 0 Å². The SMILES string of the molecule is CC/C=N\N(C)C1CC(OC)C1. The molecule has 0 amide bonds. The van der Waals surface area contributed by atoms with Crippen LogP contribution in [-0.4, -0.2) is 37.5 Å². The van der Waals surface area contributed by atoms with Gasteiger partial charge in [0.25, 0.3) is 0 Å². The molecule has 12 heavy (non-hydrogen) atoms. The lowest BCUT2D eigenvalue weighted by Gasteiger charge is -2.38. The third kappa shape index (κ3) is 2.21. The van der Waals surface area contributed by atoms with Crippen LogP contribution in [0.25, 0.3) is 0 Å². The lowest BCUT2D eigenvalue weighted by Crippen LogP contribution is -2.43. The summed E-state index contributed by atoms with van der Waals surface area (Å²) in [6, 6.07) is 0.595. The van der Waals surface area contributed by atoms with Gasteiger partial charge < -0.3 is 4.74 Å². The Morgan fingerprint density at radius 1 is 1.58 bits per heavy atom. The van der Waals surface area contributed by atoms with E-state index in [1.165, 1.54) is 0 Å². The van der Waals surface area contributed by atoms with E-state index in [0.717, 1.165) is 19.3 Å². The van der Waals surface area contributed by atoms with Crippen LogP contribution >= 0.6 is 0 Å². The van der Waals surface area contributed by atoms with E-state index in [4.69, 9.17) is 4.74 Å². The summed E-state index contributed by atoms with van der Waals surface area (Å²) in [4.78, 5) is 0. The minimum Gasteiger partial charge on any atom is -0.381 e. The van der Waals surface area contributed by atoms with Gasteiger partial charge in [0.1, 0.15) is 0 Å². The van der Waals surface area contributed by atoms with Gasteiger partial charge in [0.2, 0.25) is 0 Å². The van der Waals surface area contributed by atoms with E-state index in [2.05, 4.69) is 12.0 Å². The number of hydrogen-bond donors (Lipinski definition) is 0. The van der Waals surface area contributed by atoms with E-state index in [1.54, 1.807) is 7.11 Å². The summed E-state index contributed by atoms with van der Waals surface area (Å²) < 4.78 is 5.19. The molecule has 70 valence electrons. The second-order valence-electron chi connectivity index (χ2n) is 3.26. The Labute approximate surface area is 74.4 Å². The number of methoxy groups -OCH3 is 1. The van der Waals surface area contributed by atoms with Crippen molar-refractivity contribution in [2.75, 3.05) is 14.2 Å². The summed E-state index contributed by atoms with van der Waals surface area (Å²) in [6.07, 6.45) is 5.65. The molecule has 0 spiro atoms. The van der Waals surface area contributed by atoms with Gasteiger partial charge >= 0.3 is 0 Å². The zero-order chi connectivity index (χ0) is 8.97. The van der Waals surface area contributed by atoms with Crippen LogP contribution in [0.2, 0.25) is 0 Å². The second-order valence-corrected chi connectivity index (χ2v) is 3.26. The third-order valence-corrected chi connectivity index (χ3v) is 2.38. The highest BCUT2D eigenvalue weighted by Gasteiger charge is 2.31. The first kappa shape index (κ1) is 9.52. The summed E-state index contributed by atoms with van der Waals surface area (Å²) >= 11 is 0. The van der Waals surface area contributed by atoms with Crippen molar-refractivity contribution < 1.29 is 4.74 Å². The molecule has 0 aliphatic heterocycles. The topological polar surface area (TPSA) is 24.8 Å². The smallest absolute Gasteiger partial charge is 0.0611 e. The highest BCUT2D eigenvalue weighted by molar-refractivity contribution is 5.56. The Kier molecular flexibility index (Phi) is 3.53. The molecule has 0 heterocycles. The first-order valence-corrected chi connectivity index (χ1v) is 4.56. The number of rotatable bonds is 4. The van der Waals surface area contributed by atoms with Gasteiger partial charge in [-0.15, -0.1) is 0 Å². The predicted molar refractivity (Wildman–Crippen MR) is 50.4 cm³/mol. The molecule has 1 saturated carbocycles. The molecule has 0 saturated heterocycles. The van der Waals surface area contributed by atoms with Crippen molar-refractivity contribution in [1.29, 1.82) is 0 Å². The van der Waals surface area contributed by atoms with Crippen LogP contribution in [0.1, 0.15) is 26.2 Å². The molecule has 1 rings (SSSR count). The quantitative estimate of drug-likeness (QED) is 0.471. The van der Waals surface area contributed by atoms with Gasteiger partial charge in [0.15, 0.2) is 0 Å². The summed E-state index contributed by atoms with van der Waals surface area (Å²) in [6.45, 7) is 2.09.